The van der Waals surface area contributed by atoms with Crippen LogP contribution >= 0.6 is 0 Å². The Morgan fingerprint density at radius 3 is 1.73 bits per heavy atom. The average Bonchev–Trinajstić information content (AvgIpc) is 2.74. The topological polar surface area (TPSA) is 3.24 Å². The normalized spacial score (nSPS) is 11.9. The van der Waals surface area contributed by atoms with Crippen molar-refractivity contribution in [2.75, 3.05) is 4.90 Å². The summed E-state index contributed by atoms with van der Waals surface area (Å²) in [6.45, 7) is 17.6. The summed E-state index contributed by atoms with van der Waals surface area (Å²) >= 11 is 0. The van der Waals surface area contributed by atoms with E-state index in [2.05, 4.69) is 126 Å². The van der Waals surface area contributed by atoms with Gasteiger partial charge in [-0.15, -0.1) is 0 Å². The third-order valence-electron chi connectivity index (χ3n) is 6.15. The van der Waals surface area contributed by atoms with Crippen molar-refractivity contribution in [3.05, 3.63) is 96.1 Å². The minimum Gasteiger partial charge on any atom is -0.310 e. The molecule has 0 saturated carbocycles. The van der Waals surface area contributed by atoms with Gasteiger partial charge in [0.15, 0.2) is 0 Å². The van der Waals surface area contributed by atoms with Gasteiger partial charge in [-0.25, -0.2) is 0 Å². The van der Waals surface area contributed by atoms with Crippen LogP contribution in [0.5, 0.6) is 0 Å². The van der Waals surface area contributed by atoms with Crippen molar-refractivity contribution >= 4 is 23.1 Å². The van der Waals surface area contributed by atoms with Crippen LogP contribution in [0.25, 0.3) is 6.08 Å². The molecule has 156 valence electrons. The molecule has 0 atom stereocenters. The molecule has 3 rings (SSSR count). The van der Waals surface area contributed by atoms with E-state index in [1.54, 1.807) is 0 Å². The lowest BCUT2D eigenvalue weighted by Crippen LogP contribution is -2.16. The van der Waals surface area contributed by atoms with Crippen LogP contribution in [-0.4, -0.2) is 0 Å². The summed E-state index contributed by atoms with van der Waals surface area (Å²) < 4.78 is 0. The number of nitrogens with zero attached hydrogens (tertiary/aromatic N) is 1. The predicted molar refractivity (Wildman–Crippen MR) is 133 cm³/mol. The second-order valence-corrected chi connectivity index (χ2v) is 9.72. The molecule has 3 aromatic rings. The van der Waals surface area contributed by atoms with Crippen LogP contribution in [-0.2, 0) is 10.8 Å². The molecule has 1 heteroatoms. The monoisotopic (exact) mass is 397 g/mol. The molecule has 0 aliphatic heterocycles. The van der Waals surface area contributed by atoms with Crippen LogP contribution < -0.4 is 4.90 Å². The highest BCUT2D eigenvalue weighted by Gasteiger charge is 2.20. The third-order valence-corrected chi connectivity index (χ3v) is 6.15. The molecule has 0 saturated heterocycles. The van der Waals surface area contributed by atoms with E-state index in [1.165, 1.54) is 11.1 Å². The van der Waals surface area contributed by atoms with Crippen LogP contribution in [0.3, 0.4) is 0 Å². The largest absolute Gasteiger partial charge is 0.310 e. The maximum absolute atomic E-state index is 3.94. The summed E-state index contributed by atoms with van der Waals surface area (Å²) in [6.07, 6.45) is 3.02. The zero-order valence-electron chi connectivity index (χ0n) is 19.4. The van der Waals surface area contributed by atoms with Gasteiger partial charge >= 0.3 is 0 Å². The summed E-state index contributed by atoms with van der Waals surface area (Å²) in [4.78, 5) is 2.32. The first-order valence-corrected chi connectivity index (χ1v) is 10.9. The van der Waals surface area contributed by atoms with Crippen molar-refractivity contribution in [2.24, 2.45) is 0 Å². The van der Waals surface area contributed by atoms with E-state index in [9.17, 15) is 0 Å². The van der Waals surface area contributed by atoms with Crippen LogP contribution in [0.2, 0.25) is 0 Å². The molecule has 0 N–H and O–H groups in total. The van der Waals surface area contributed by atoms with Crippen molar-refractivity contribution < 1.29 is 0 Å². The lowest BCUT2D eigenvalue weighted by atomic mass is 9.82. The van der Waals surface area contributed by atoms with E-state index in [-0.39, 0.29) is 10.8 Å². The minimum atomic E-state index is 0.138. The van der Waals surface area contributed by atoms with Gasteiger partial charge < -0.3 is 4.90 Å². The van der Waals surface area contributed by atoms with Crippen LogP contribution in [0, 0.1) is 0 Å². The zero-order valence-corrected chi connectivity index (χ0v) is 19.4. The first-order chi connectivity index (χ1) is 14.2. The number of hydrogen-bond donors (Lipinski definition) is 0. The molecule has 0 fully saturated rings. The molecule has 0 amide bonds. The Bertz CT molecular complexity index is 986. The number of anilines is 3. The maximum atomic E-state index is 3.94. The summed E-state index contributed by atoms with van der Waals surface area (Å²) in [5.74, 6) is 0. The van der Waals surface area contributed by atoms with Crippen molar-refractivity contribution in [2.45, 2.75) is 58.8 Å². The molecule has 30 heavy (non-hydrogen) atoms. The lowest BCUT2D eigenvalue weighted by molar-refractivity contribution is 0.506. The average molecular weight is 398 g/mol. The van der Waals surface area contributed by atoms with Gasteiger partial charge in [-0.2, -0.15) is 0 Å². The van der Waals surface area contributed by atoms with Crippen molar-refractivity contribution in [1.29, 1.82) is 0 Å². The van der Waals surface area contributed by atoms with E-state index in [0.717, 1.165) is 29.0 Å². The van der Waals surface area contributed by atoms with Gasteiger partial charge in [0.05, 0.1) is 0 Å². The molecule has 0 unspecified atom stereocenters. The Labute approximate surface area is 183 Å². The first-order valence-electron chi connectivity index (χ1n) is 10.9. The fraction of sp³-hybridized carbons (Fsp3) is 0.310. The maximum Gasteiger partial charge on any atom is 0.0467 e. The standard InChI is InChI=1S/C29H35N/c1-8-22-11-10-12-27(21-22)30(25-17-13-23(14-18-25)28(3,4)5)26-19-15-24(16-20-26)29(6,7)9-2/h8,10-21H,1,9H2,2-7H3. The molecule has 0 aliphatic rings. The second-order valence-electron chi connectivity index (χ2n) is 9.72. The molecular formula is C29H35N. The van der Waals surface area contributed by atoms with Gasteiger partial charge in [0.2, 0.25) is 0 Å². The molecule has 1 nitrogen and oxygen atoms in total. The Morgan fingerprint density at radius 2 is 1.27 bits per heavy atom. The van der Waals surface area contributed by atoms with Gasteiger partial charge in [0.1, 0.15) is 0 Å². The fourth-order valence-corrected chi connectivity index (χ4v) is 3.61. The van der Waals surface area contributed by atoms with E-state index in [1.807, 2.05) is 6.08 Å². The molecule has 0 bridgehead atoms. The van der Waals surface area contributed by atoms with Crippen LogP contribution in [0.15, 0.2) is 79.4 Å². The summed E-state index contributed by atoms with van der Waals surface area (Å²) in [6, 6.07) is 26.5. The van der Waals surface area contributed by atoms with Gasteiger partial charge in [-0.05, 0) is 70.3 Å². The molecule has 0 spiro atoms. The number of rotatable bonds is 6. The van der Waals surface area contributed by atoms with E-state index in [4.69, 9.17) is 0 Å². The molecule has 0 aromatic heterocycles. The Kier molecular flexibility index (Phi) is 6.22. The Balaban J connectivity index is 2.09. The number of benzene rings is 3. The molecule has 0 radical (unpaired) electrons. The SMILES string of the molecule is C=Cc1cccc(N(c2ccc(C(C)(C)C)cc2)c2ccc(C(C)(C)CC)cc2)c1. The highest BCUT2D eigenvalue weighted by atomic mass is 15.1. The summed E-state index contributed by atoms with van der Waals surface area (Å²) in [7, 11) is 0. The van der Waals surface area contributed by atoms with Crippen LogP contribution in [0.1, 0.15) is 64.7 Å². The molecular weight excluding hydrogens is 362 g/mol. The fourth-order valence-electron chi connectivity index (χ4n) is 3.61. The second kappa shape index (κ2) is 8.52. The van der Waals surface area contributed by atoms with Crippen molar-refractivity contribution in [3.63, 3.8) is 0 Å². The Hall–Kier alpha value is -2.80. The van der Waals surface area contributed by atoms with Crippen molar-refractivity contribution in [3.8, 4) is 0 Å². The predicted octanol–water partition coefficient (Wildman–Crippen LogP) is 8.78. The van der Waals surface area contributed by atoms with E-state index in [0.29, 0.717) is 0 Å². The molecule has 0 aliphatic carbocycles. The highest BCUT2D eigenvalue weighted by Crippen LogP contribution is 2.37. The highest BCUT2D eigenvalue weighted by molar-refractivity contribution is 5.78. The van der Waals surface area contributed by atoms with Gasteiger partial charge in [0, 0.05) is 17.1 Å². The van der Waals surface area contributed by atoms with Gasteiger partial charge in [-0.1, -0.05) is 90.6 Å². The van der Waals surface area contributed by atoms with E-state index >= 15 is 0 Å². The molecule has 0 heterocycles. The zero-order chi connectivity index (χ0) is 21.9. The third kappa shape index (κ3) is 4.67. The van der Waals surface area contributed by atoms with Gasteiger partial charge in [0.25, 0.3) is 0 Å². The first kappa shape index (κ1) is 21.9. The summed E-state index contributed by atoms with van der Waals surface area (Å²) in [5, 5.41) is 0. The van der Waals surface area contributed by atoms with Crippen LogP contribution in [0.4, 0.5) is 17.1 Å². The van der Waals surface area contributed by atoms with Crippen molar-refractivity contribution in [1.82, 2.24) is 0 Å². The quantitative estimate of drug-likeness (QED) is 0.402. The summed E-state index contributed by atoms with van der Waals surface area (Å²) in [5.41, 5.74) is 7.61. The van der Waals surface area contributed by atoms with Gasteiger partial charge in [-0.3, -0.25) is 0 Å². The molecule has 3 aromatic carbocycles. The smallest absolute Gasteiger partial charge is 0.0467 e. The minimum absolute atomic E-state index is 0.138. The van der Waals surface area contributed by atoms with E-state index < -0.39 is 0 Å². The number of hydrogen-bond acceptors (Lipinski definition) is 1. The Morgan fingerprint density at radius 1 is 0.733 bits per heavy atom. The lowest BCUT2D eigenvalue weighted by Gasteiger charge is -2.29.